The first-order valence-electron chi connectivity index (χ1n) is 4.57. The summed E-state index contributed by atoms with van der Waals surface area (Å²) < 4.78 is 0.970. The van der Waals surface area contributed by atoms with Gasteiger partial charge >= 0.3 is 0 Å². The molecule has 4 heteroatoms. The second-order valence-corrected chi connectivity index (χ2v) is 5.58. The zero-order valence-electron chi connectivity index (χ0n) is 8.15. The molecule has 2 aromatic rings. The van der Waals surface area contributed by atoms with Gasteiger partial charge in [-0.3, -0.25) is 0 Å². The van der Waals surface area contributed by atoms with Gasteiger partial charge in [-0.1, -0.05) is 23.4 Å². The number of hydrogen-bond donors (Lipinski definition) is 1. The van der Waals surface area contributed by atoms with E-state index in [0.29, 0.717) is 5.02 Å². The summed E-state index contributed by atoms with van der Waals surface area (Å²) >= 11 is 10.9. The molecular weight excluding hydrogens is 308 g/mol. The van der Waals surface area contributed by atoms with Gasteiger partial charge in [0.2, 0.25) is 0 Å². The number of rotatable bonds is 2. The van der Waals surface area contributed by atoms with Gasteiger partial charge in [0, 0.05) is 19.3 Å². The van der Waals surface area contributed by atoms with Gasteiger partial charge in [0.25, 0.3) is 0 Å². The molecule has 0 spiro atoms. The molecule has 1 N–H and O–H groups in total. The van der Waals surface area contributed by atoms with Crippen LogP contribution in [0.3, 0.4) is 0 Å². The first-order chi connectivity index (χ1) is 7.65. The third-order valence-corrected chi connectivity index (χ3v) is 4.20. The molecule has 0 amide bonds. The summed E-state index contributed by atoms with van der Waals surface area (Å²) in [5, 5.41) is 9.89. The molecule has 82 valence electrons. The Labute approximate surface area is 112 Å². The van der Waals surface area contributed by atoms with Crippen LogP contribution in [0, 0.1) is 0 Å². The van der Waals surface area contributed by atoms with Crippen LogP contribution in [0.5, 0.6) is 5.75 Å². The molecule has 0 aliphatic carbocycles. The van der Waals surface area contributed by atoms with Crippen LogP contribution in [0.4, 0.5) is 0 Å². The zero-order valence-corrected chi connectivity index (χ0v) is 11.3. The van der Waals surface area contributed by atoms with Crippen molar-refractivity contribution in [1.29, 1.82) is 0 Å². The van der Waals surface area contributed by atoms with Gasteiger partial charge < -0.3 is 5.11 Å². The van der Waals surface area contributed by atoms with Gasteiger partial charge in [-0.25, -0.2) is 0 Å². The van der Waals surface area contributed by atoms with Crippen molar-refractivity contribution in [3.05, 3.63) is 52.0 Å². The molecule has 16 heavy (non-hydrogen) atoms. The predicted octanol–water partition coefficient (Wildman–Crippen LogP) is 4.96. The maximum absolute atomic E-state index is 9.18. The predicted molar refractivity (Wildman–Crippen MR) is 71.4 cm³/mol. The Morgan fingerprint density at radius 1 is 1.06 bits per heavy atom. The molecule has 0 saturated heterocycles. The SMILES string of the molecule is Oc1ccc(Sc2ccc(Cl)cc2Br)cc1. The van der Waals surface area contributed by atoms with E-state index in [1.807, 2.05) is 30.3 Å². The standard InChI is InChI=1S/C12H8BrClOS/c13-11-7-8(14)1-6-12(11)16-10-4-2-9(15)3-5-10/h1-7,15H. The van der Waals surface area contributed by atoms with Gasteiger partial charge in [-0.15, -0.1) is 0 Å². The van der Waals surface area contributed by atoms with Gasteiger partial charge in [-0.05, 0) is 58.4 Å². The van der Waals surface area contributed by atoms with E-state index in [9.17, 15) is 5.11 Å². The molecule has 1 nitrogen and oxygen atoms in total. The molecule has 0 atom stereocenters. The Hall–Kier alpha value is -0.640. The quantitative estimate of drug-likeness (QED) is 0.845. The molecule has 0 saturated carbocycles. The van der Waals surface area contributed by atoms with E-state index in [1.54, 1.807) is 23.9 Å². The highest BCUT2D eigenvalue weighted by Crippen LogP contribution is 2.35. The second kappa shape index (κ2) is 5.13. The molecule has 0 aliphatic heterocycles. The first kappa shape index (κ1) is 11.8. The fraction of sp³-hybridized carbons (Fsp3) is 0. The molecule has 0 radical (unpaired) electrons. The lowest BCUT2D eigenvalue weighted by Crippen LogP contribution is -1.76. The van der Waals surface area contributed by atoms with Crippen LogP contribution in [0.1, 0.15) is 0 Å². The van der Waals surface area contributed by atoms with Crippen LogP contribution >= 0.6 is 39.3 Å². The van der Waals surface area contributed by atoms with E-state index in [4.69, 9.17) is 11.6 Å². The maximum atomic E-state index is 9.18. The lowest BCUT2D eigenvalue weighted by molar-refractivity contribution is 0.475. The number of hydrogen-bond acceptors (Lipinski definition) is 2. The average molecular weight is 316 g/mol. The number of phenolic OH excluding ortho intramolecular Hbond substituents is 1. The van der Waals surface area contributed by atoms with Gasteiger partial charge in [0.05, 0.1) is 0 Å². The van der Waals surface area contributed by atoms with Crippen molar-refractivity contribution >= 4 is 39.3 Å². The van der Waals surface area contributed by atoms with Gasteiger partial charge in [-0.2, -0.15) is 0 Å². The number of aromatic hydroxyl groups is 1. The zero-order chi connectivity index (χ0) is 11.5. The third-order valence-electron chi connectivity index (χ3n) is 1.96. The summed E-state index contributed by atoms with van der Waals surface area (Å²) in [6, 6.07) is 12.8. The Balaban J connectivity index is 2.23. The summed E-state index contributed by atoms with van der Waals surface area (Å²) in [5.74, 6) is 0.277. The topological polar surface area (TPSA) is 20.2 Å². The van der Waals surface area contributed by atoms with E-state index < -0.39 is 0 Å². The van der Waals surface area contributed by atoms with E-state index in [0.717, 1.165) is 14.3 Å². The van der Waals surface area contributed by atoms with E-state index in [1.165, 1.54) is 0 Å². The maximum Gasteiger partial charge on any atom is 0.115 e. The summed E-state index contributed by atoms with van der Waals surface area (Å²) in [6.07, 6.45) is 0. The van der Waals surface area contributed by atoms with Crippen LogP contribution in [0.2, 0.25) is 5.02 Å². The van der Waals surface area contributed by atoms with Crippen LogP contribution in [0.15, 0.2) is 56.7 Å². The van der Waals surface area contributed by atoms with Crippen molar-refractivity contribution in [2.45, 2.75) is 9.79 Å². The minimum atomic E-state index is 0.277. The molecule has 2 rings (SSSR count). The lowest BCUT2D eigenvalue weighted by Gasteiger charge is -2.04. The van der Waals surface area contributed by atoms with Crippen molar-refractivity contribution < 1.29 is 5.11 Å². The minimum absolute atomic E-state index is 0.277. The highest BCUT2D eigenvalue weighted by atomic mass is 79.9. The monoisotopic (exact) mass is 314 g/mol. The molecule has 0 bridgehead atoms. The van der Waals surface area contributed by atoms with Crippen molar-refractivity contribution in [3.63, 3.8) is 0 Å². The molecule has 0 unspecified atom stereocenters. The summed E-state index contributed by atoms with van der Waals surface area (Å²) in [4.78, 5) is 2.16. The summed E-state index contributed by atoms with van der Waals surface area (Å²) in [6.45, 7) is 0. The largest absolute Gasteiger partial charge is 0.508 e. The normalized spacial score (nSPS) is 10.4. The van der Waals surface area contributed by atoms with E-state index >= 15 is 0 Å². The van der Waals surface area contributed by atoms with Crippen LogP contribution in [-0.4, -0.2) is 5.11 Å². The van der Waals surface area contributed by atoms with Crippen LogP contribution < -0.4 is 0 Å². The van der Waals surface area contributed by atoms with Crippen molar-refractivity contribution in [1.82, 2.24) is 0 Å². The van der Waals surface area contributed by atoms with E-state index in [2.05, 4.69) is 15.9 Å². The smallest absolute Gasteiger partial charge is 0.115 e. The first-order valence-corrected chi connectivity index (χ1v) is 6.56. The fourth-order valence-electron chi connectivity index (χ4n) is 1.20. The highest BCUT2D eigenvalue weighted by Gasteiger charge is 2.03. The Bertz CT molecular complexity index is 499. The number of benzene rings is 2. The molecular formula is C12H8BrClOS. The molecule has 0 aliphatic rings. The molecule has 0 fully saturated rings. The third kappa shape index (κ3) is 2.94. The second-order valence-electron chi connectivity index (χ2n) is 3.17. The Kier molecular flexibility index (Phi) is 3.79. The Morgan fingerprint density at radius 2 is 1.75 bits per heavy atom. The van der Waals surface area contributed by atoms with Crippen molar-refractivity contribution in [2.24, 2.45) is 0 Å². The van der Waals surface area contributed by atoms with E-state index in [-0.39, 0.29) is 5.75 Å². The summed E-state index contributed by atoms with van der Waals surface area (Å²) in [5.41, 5.74) is 0. The Morgan fingerprint density at radius 3 is 2.38 bits per heavy atom. The van der Waals surface area contributed by atoms with Gasteiger partial charge in [0.15, 0.2) is 0 Å². The number of phenols is 1. The fourth-order valence-corrected chi connectivity index (χ4v) is 2.94. The van der Waals surface area contributed by atoms with Crippen LogP contribution in [0.25, 0.3) is 0 Å². The van der Waals surface area contributed by atoms with Gasteiger partial charge in [0.1, 0.15) is 5.75 Å². The minimum Gasteiger partial charge on any atom is -0.508 e. The molecule has 0 heterocycles. The summed E-state index contributed by atoms with van der Waals surface area (Å²) in [7, 11) is 0. The average Bonchev–Trinajstić information content (AvgIpc) is 2.25. The molecule has 2 aromatic carbocycles. The van der Waals surface area contributed by atoms with Crippen molar-refractivity contribution in [3.8, 4) is 5.75 Å². The number of halogens is 2. The highest BCUT2D eigenvalue weighted by molar-refractivity contribution is 9.10. The lowest BCUT2D eigenvalue weighted by atomic mass is 10.3. The van der Waals surface area contributed by atoms with Crippen LogP contribution in [-0.2, 0) is 0 Å². The molecule has 0 aromatic heterocycles. The van der Waals surface area contributed by atoms with Crippen molar-refractivity contribution in [2.75, 3.05) is 0 Å².